The largest absolute Gasteiger partial charge is 0.381 e. The summed E-state index contributed by atoms with van der Waals surface area (Å²) in [4.78, 5) is 0. The molecule has 0 aliphatic rings. The second-order valence-electron chi connectivity index (χ2n) is 5.45. The quantitative estimate of drug-likeness (QED) is 0.764. The Labute approximate surface area is 125 Å². The maximum absolute atomic E-state index is 3.52. The van der Waals surface area contributed by atoms with Gasteiger partial charge in [0.1, 0.15) is 0 Å². The van der Waals surface area contributed by atoms with Gasteiger partial charge in [-0.1, -0.05) is 6.07 Å². The summed E-state index contributed by atoms with van der Waals surface area (Å²) >= 11 is 0. The lowest BCUT2D eigenvalue weighted by Crippen LogP contribution is -2.02. The molecule has 3 aromatic rings. The molecule has 0 aliphatic heterocycles. The van der Waals surface area contributed by atoms with Crippen molar-refractivity contribution in [3.05, 3.63) is 71.8 Å². The van der Waals surface area contributed by atoms with Crippen LogP contribution in [0, 0.1) is 13.8 Å². The Morgan fingerprint density at radius 3 is 2.43 bits per heavy atom. The van der Waals surface area contributed by atoms with Gasteiger partial charge in [0.25, 0.3) is 0 Å². The van der Waals surface area contributed by atoms with Crippen molar-refractivity contribution in [2.45, 2.75) is 20.4 Å². The Bertz CT molecular complexity index is 736. The van der Waals surface area contributed by atoms with Gasteiger partial charge in [-0.25, -0.2) is 0 Å². The maximum atomic E-state index is 3.52. The average Bonchev–Trinajstić information content (AvgIpc) is 3.11. The summed E-state index contributed by atoms with van der Waals surface area (Å²) in [5.74, 6) is 0. The molecule has 3 heteroatoms. The molecule has 2 aromatic heterocycles. The number of benzene rings is 1. The molecular weight excluding hydrogens is 258 g/mol. The van der Waals surface area contributed by atoms with Crippen LogP contribution >= 0.6 is 0 Å². The van der Waals surface area contributed by atoms with Crippen LogP contribution in [-0.4, -0.2) is 9.13 Å². The standard InChI is InChI=1S/C18H21N3/c1-14-11-16(15(2)20(14)3)13-19-17-7-6-8-18(12-17)21-9-4-5-10-21/h4-12,19H,13H2,1-3H3. The minimum absolute atomic E-state index is 0.850. The average molecular weight is 279 g/mol. The molecular formula is C18H21N3. The van der Waals surface area contributed by atoms with Gasteiger partial charge in [-0.3, -0.25) is 0 Å². The van der Waals surface area contributed by atoms with Crippen molar-refractivity contribution in [2.24, 2.45) is 7.05 Å². The lowest BCUT2D eigenvalue weighted by Gasteiger charge is -2.09. The van der Waals surface area contributed by atoms with Gasteiger partial charge in [-0.2, -0.15) is 0 Å². The maximum Gasteiger partial charge on any atom is 0.0469 e. The Morgan fingerprint density at radius 2 is 1.76 bits per heavy atom. The number of hydrogen-bond donors (Lipinski definition) is 1. The number of anilines is 1. The van der Waals surface area contributed by atoms with Crippen molar-refractivity contribution in [2.75, 3.05) is 5.32 Å². The number of aryl methyl sites for hydroxylation is 1. The van der Waals surface area contributed by atoms with Gasteiger partial charge >= 0.3 is 0 Å². The highest BCUT2D eigenvalue weighted by Crippen LogP contribution is 2.18. The number of nitrogens with one attached hydrogen (secondary N) is 1. The van der Waals surface area contributed by atoms with Crippen LogP contribution in [0.1, 0.15) is 17.0 Å². The molecule has 0 atom stereocenters. The number of nitrogens with zero attached hydrogens (tertiary/aromatic N) is 2. The highest BCUT2D eigenvalue weighted by molar-refractivity contribution is 5.51. The van der Waals surface area contributed by atoms with E-state index in [1.165, 1.54) is 22.6 Å². The molecule has 0 saturated carbocycles. The fraction of sp³-hybridized carbons (Fsp3) is 0.222. The minimum Gasteiger partial charge on any atom is -0.381 e. The Balaban J connectivity index is 1.76. The van der Waals surface area contributed by atoms with Crippen molar-refractivity contribution < 1.29 is 0 Å². The van der Waals surface area contributed by atoms with Crippen molar-refractivity contribution in [3.8, 4) is 5.69 Å². The smallest absolute Gasteiger partial charge is 0.0469 e. The van der Waals surface area contributed by atoms with Crippen LogP contribution in [0.2, 0.25) is 0 Å². The van der Waals surface area contributed by atoms with E-state index in [0.29, 0.717) is 0 Å². The zero-order chi connectivity index (χ0) is 14.8. The molecule has 1 aromatic carbocycles. The Kier molecular flexibility index (Phi) is 3.57. The SMILES string of the molecule is Cc1cc(CNc2cccc(-n3cccc3)c2)c(C)n1C. The highest BCUT2D eigenvalue weighted by Gasteiger charge is 2.05. The summed E-state index contributed by atoms with van der Waals surface area (Å²) in [7, 11) is 2.11. The first-order valence-corrected chi connectivity index (χ1v) is 7.24. The molecule has 3 rings (SSSR count). The summed E-state index contributed by atoms with van der Waals surface area (Å²) in [6.45, 7) is 5.16. The predicted molar refractivity (Wildman–Crippen MR) is 88.0 cm³/mol. The number of rotatable bonds is 4. The van der Waals surface area contributed by atoms with Crippen molar-refractivity contribution in [1.29, 1.82) is 0 Å². The first-order valence-electron chi connectivity index (χ1n) is 7.24. The zero-order valence-electron chi connectivity index (χ0n) is 12.8. The third-order valence-corrected chi connectivity index (χ3v) is 4.11. The van der Waals surface area contributed by atoms with Crippen molar-refractivity contribution in [1.82, 2.24) is 9.13 Å². The van der Waals surface area contributed by atoms with E-state index in [9.17, 15) is 0 Å². The van der Waals surface area contributed by atoms with E-state index < -0.39 is 0 Å². The Hall–Kier alpha value is -2.42. The summed E-state index contributed by atoms with van der Waals surface area (Å²) in [5, 5.41) is 3.52. The molecule has 0 unspecified atom stereocenters. The molecule has 0 aliphatic carbocycles. The number of hydrogen-bond acceptors (Lipinski definition) is 1. The second kappa shape index (κ2) is 5.52. The third kappa shape index (κ3) is 2.72. The van der Waals surface area contributed by atoms with Crippen LogP contribution in [0.5, 0.6) is 0 Å². The molecule has 0 bridgehead atoms. The third-order valence-electron chi connectivity index (χ3n) is 4.11. The summed E-state index contributed by atoms with van der Waals surface area (Å²) in [6.07, 6.45) is 4.12. The van der Waals surface area contributed by atoms with Crippen LogP contribution in [0.15, 0.2) is 54.9 Å². The van der Waals surface area contributed by atoms with E-state index >= 15 is 0 Å². The molecule has 0 fully saturated rings. The first kappa shape index (κ1) is 13.6. The lowest BCUT2D eigenvalue weighted by atomic mass is 10.2. The molecule has 0 spiro atoms. The van der Waals surface area contributed by atoms with E-state index in [2.05, 4.69) is 78.1 Å². The minimum atomic E-state index is 0.850. The predicted octanol–water partition coefficient (Wildman–Crippen LogP) is 4.04. The zero-order valence-corrected chi connectivity index (χ0v) is 12.8. The van der Waals surface area contributed by atoms with E-state index in [1.807, 2.05) is 12.1 Å². The van der Waals surface area contributed by atoms with Crippen LogP contribution in [0.3, 0.4) is 0 Å². The molecule has 1 N–H and O–H groups in total. The summed E-state index contributed by atoms with van der Waals surface area (Å²) in [5.41, 5.74) is 6.28. The van der Waals surface area contributed by atoms with E-state index in [4.69, 9.17) is 0 Å². The van der Waals surface area contributed by atoms with Crippen LogP contribution in [0.25, 0.3) is 5.69 Å². The molecule has 3 nitrogen and oxygen atoms in total. The topological polar surface area (TPSA) is 21.9 Å². The van der Waals surface area contributed by atoms with Gasteiger partial charge in [-0.05, 0) is 55.8 Å². The van der Waals surface area contributed by atoms with Gasteiger partial charge in [-0.15, -0.1) is 0 Å². The van der Waals surface area contributed by atoms with Crippen LogP contribution < -0.4 is 5.32 Å². The fourth-order valence-corrected chi connectivity index (χ4v) is 2.59. The summed E-state index contributed by atoms with van der Waals surface area (Å²) < 4.78 is 4.34. The number of aromatic nitrogens is 2. The molecule has 21 heavy (non-hydrogen) atoms. The molecule has 0 saturated heterocycles. The van der Waals surface area contributed by atoms with Gasteiger partial charge in [0.2, 0.25) is 0 Å². The molecule has 2 heterocycles. The first-order chi connectivity index (χ1) is 10.1. The lowest BCUT2D eigenvalue weighted by molar-refractivity contribution is 0.837. The van der Waals surface area contributed by atoms with E-state index in [-0.39, 0.29) is 0 Å². The van der Waals surface area contributed by atoms with Gasteiger partial charge in [0.15, 0.2) is 0 Å². The monoisotopic (exact) mass is 279 g/mol. The van der Waals surface area contributed by atoms with Gasteiger partial charge in [0.05, 0.1) is 0 Å². The van der Waals surface area contributed by atoms with Gasteiger partial charge < -0.3 is 14.5 Å². The van der Waals surface area contributed by atoms with Gasteiger partial charge in [0, 0.05) is 48.7 Å². The molecule has 0 amide bonds. The fourth-order valence-electron chi connectivity index (χ4n) is 2.59. The van der Waals surface area contributed by atoms with E-state index in [1.54, 1.807) is 0 Å². The second-order valence-corrected chi connectivity index (χ2v) is 5.45. The summed E-state index contributed by atoms with van der Waals surface area (Å²) in [6, 6.07) is 14.8. The highest BCUT2D eigenvalue weighted by atomic mass is 15.0. The normalized spacial score (nSPS) is 10.8. The molecule has 108 valence electrons. The van der Waals surface area contributed by atoms with Crippen molar-refractivity contribution >= 4 is 5.69 Å². The van der Waals surface area contributed by atoms with Crippen LogP contribution in [-0.2, 0) is 13.6 Å². The van der Waals surface area contributed by atoms with Crippen LogP contribution in [0.4, 0.5) is 5.69 Å². The Morgan fingerprint density at radius 1 is 1.00 bits per heavy atom. The van der Waals surface area contributed by atoms with E-state index in [0.717, 1.165) is 12.2 Å². The molecule has 0 radical (unpaired) electrons. The van der Waals surface area contributed by atoms with Crippen molar-refractivity contribution in [3.63, 3.8) is 0 Å².